The van der Waals surface area contributed by atoms with E-state index in [0.29, 0.717) is 5.56 Å². The Morgan fingerprint density at radius 3 is 2.35 bits per heavy atom. The van der Waals surface area contributed by atoms with Crippen LogP contribution in [0.25, 0.3) is 0 Å². The number of aryl methyl sites for hydroxylation is 1. The molecular formula is C17H17NO2. The first kappa shape index (κ1) is 12.9. The predicted octanol–water partition coefficient (Wildman–Crippen LogP) is 3.21. The van der Waals surface area contributed by atoms with Gasteiger partial charge in [0.2, 0.25) is 0 Å². The van der Waals surface area contributed by atoms with Gasteiger partial charge in [0, 0.05) is 19.6 Å². The monoisotopic (exact) mass is 267 g/mol. The Morgan fingerprint density at radius 1 is 1.15 bits per heavy atom. The van der Waals surface area contributed by atoms with Gasteiger partial charge in [-0.2, -0.15) is 0 Å². The molecule has 20 heavy (non-hydrogen) atoms. The third kappa shape index (κ3) is 2.45. The summed E-state index contributed by atoms with van der Waals surface area (Å²) >= 11 is 0. The van der Waals surface area contributed by atoms with Crippen LogP contribution in [0.3, 0.4) is 0 Å². The van der Waals surface area contributed by atoms with Crippen molar-refractivity contribution in [3.63, 3.8) is 0 Å². The molecule has 0 saturated heterocycles. The predicted molar refractivity (Wildman–Crippen MR) is 77.5 cm³/mol. The number of carboxylic acids is 1. The SMILES string of the molecule is Cc1cc(C(=O)O)ccc1CN1Cc2ccccc2C1. The average molecular weight is 267 g/mol. The highest BCUT2D eigenvalue weighted by atomic mass is 16.4. The lowest BCUT2D eigenvalue weighted by atomic mass is 10.0. The molecule has 0 fully saturated rings. The average Bonchev–Trinajstić information content (AvgIpc) is 2.83. The first-order valence-electron chi connectivity index (χ1n) is 6.75. The van der Waals surface area contributed by atoms with Gasteiger partial charge in [0.1, 0.15) is 0 Å². The van der Waals surface area contributed by atoms with Crippen LogP contribution in [0.1, 0.15) is 32.6 Å². The lowest BCUT2D eigenvalue weighted by Crippen LogP contribution is -2.16. The number of hydrogen-bond acceptors (Lipinski definition) is 2. The van der Waals surface area contributed by atoms with Gasteiger partial charge in [-0.15, -0.1) is 0 Å². The number of rotatable bonds is 3. The third-order valence-corrected chi connectivity index (χ3v) is 3.89. The molecule has 102 valence electrons. The molecule has 1 aliphatic heterocycles. The van der Waals surface area contributed by atoms with Crippen molar-refractivity contribution in [3.05, 3.63) is 70.3 Å². The van der Waals surface area contributed by atoms with Gasteiger partial charge >= 0.3 is 5.97 Å². The molecule has 2 aromatic carbocycles. The zero-order chi connectivity index (χ0) is 14.1. The zero-order valence-corrected chi connectivity index (χ0v) is 11.5. The van der Waals surface area contributed by atoms with Crippen LogP contribution in [-0.4, -0.2) is 16.0 Å². The zero-order valence-electron chi connectivity index (χ0n) is 11.5. The maximum absolute atomic E-state index is 10.9. The maximum Gasteiger partial charge on any atom is 0.335 e. The van der Waals surface area contributed by atoms with Crippen molar-refractivity contribution in [3.8, 4) is 0 Å². The van der Waals surface area contributed by atoms with E-state index < -0.39 is 5.97 Å². The number of aromatic carboxylic acids is 1. The summed E-state index contributed by atoms with van der Waals surface area (Å²) in [5.74, 6) is -0.867. The van der Waals surface area contributed by atoms with Crippen molar-refractivity contribution in [2.45, 2.75) is 26.6 Å². The summed E-state index contributed by atoms with van der Waals surface area (Å²) in [6, 6.07) is 13.9. The molecule has 2 aromatic rings. The summed E-state index contributed by atoms with van der Waals surface area (Å²) in [6.45, 7) is 4.78. The maximum atomic E-state index is 10.9. The Labute approximate surface area is 118 Å². The molecule has 0 radical (unpaired) electrons. The van der Waals surface area contributed by atoms with E-state index in [2.05, 4.69) is 29.2 Å². The van der Waals surface area contributed by atoms with Crippen LogP contribution in [0.2, 0.25) is 0 Å². The second-order valence-electron chi connectivity index (χ2n) is 5.36. The molecule has 3 heteroatoms. The van der Waals surface area contributed by atoms with Gasteiger partial charge in [-0.3, -0.25) is 4.90 Å². The summed E-state index contributed by atoms with van der Waals surface area (Å²) in [5.41, 5.74) is 5.39. The number of carboxylic acid groups (broad SMARTS) is 1. The topological polar surface area (TPSA) is 40.5 Å². The molecule has 1 aliphatic rings. The summed E-state index contributed by atoms with van der Waals surface area (Å²) in [6.07, 6.45) is 0. The standard InChI is InChI=1S/C17H17NO2/c1-12-8-13(17(19)20)6-7-14(12)9-18-10-15-4-2-3-5-16(15)11-18/h2-8H,9-11H2,1H3,(H,19,20). The fourth-order valence-electron chi connectivity index (χ4n) is 2.76. The highest BCUT2D eigenvalue weighted by Crippen LogP contribution is 2.25. The van der Waals surface area contributed by atoms with E-state index in [4.69, 9.17) is 5.11 Å². The van der Waals surface area contributed by atoms with Gasteiger partial charge in [0.15, 0.2) is 0 Å². The normalized spacial score (nSPS) is 14.2. The Kier molecular flexibility index (Phi) is 3.28. The van der Waals surface area contributed by atoms with Crippen LogP contribution >= 0.6 is 0 Å². The lowest BCUT2D eigenvalue weighted by Gasteiger charge is -2.16. The van der Waals surface area contributed by atoms with Gasteiger partial charge in [-0.05, 0) is 41.3 Å². The van der Waals surface area contributed by atoms with E-state index in [0.717, 1.165) is 25.2 Å². The second kappa shape index (κ2) is 5.10. The first-order chi connectivity index (χ1) is 9.63. The van der Waals surface area contributed by atoms with Crippen LogP contribution in [-0.2, 0) is 19.6 Å². The molecule has 1 N–H and O–H groups in total. The molecule has 3 nitrogen and oxygen atoms in total. The third-order valence-electron chi connectivity index (χ3n) is 3.89. The summed E-state index contributed by atoms with van der Waals surface area (Å²) < 4.78 is 0. The smallest absolute Gasteiger partial charge is 0.335 e. The van der Waals surface area contributed by atoms with E-state index in [1.54, 1.807) is 12.1 Å². The highest BCUT2D eigenvalue weighted by molar-refractivity contribution is 5.87. The number of fused-ring (bicyclic) bond motifs is 1. The molecule has 0 spiro atoms. The highest BCUT2D eigenvalue weighted by Gasteiger charge is 2.18. The van der Waals surface area contributed by atoms with Crippen LogP contribution in [0.15, 0.2) is 42.5 Å². The van der Waals surface area contributed by atoms with Gasteiger partial charge in [0.25, 0.3) is 0 Å². The van der Waals surface area contributed by atoms with Crippen molar-refractivity contribution in [2.24, 2.45) is 0 Å². The lowest BCUT2D eigenvalue weighted by molar-refractivity contribution is 0.0696. The molecule has 1 heterocycles. The van der Waals surface area contributed by atoms with Crippen LogP contribution in [0.5, 0.6) is 0 Å². The van der Waals surface area contributed by atoms with Crippen LogP contribution in [0, 0.1) is 6.92 Å². The molecule has 3 rings (SSSR count). The Bertz CT molecular complexity index is 639. The van der Waals surface area contributed by atoms with Crippen molar-refractivity contribution >= 4 is 5.97 Å². The molecule has 0 amide bonds. The van der Waals surface area contributed by atoms with Crippen molar-refractivity contribution in [1.82, 2.24) is 4.90 Å². The van der Waals surface area contributed by atoms with E-state index in [9.17, 15) is 4.79 Å². The number of nitrogens with zero attached hydrogens (tertiary/aromatic N) is 1. The summed E-state index contributed by atoms with van der Waals surface area (Å²) in [5, 5.41) is 8.99. The fraction of sp³-hybridized carbons (Fsp3) is 0.235. The second-order valence-corrected chi connectivity index (χ2v) is 5.36. The van der Waals surface area contributed by atoms with Gasteiger partial charge in [-0.1, -0.05) is 30.3 Å². The van der Waals surface area contributed by atoms with Gasteiger partial charge < -0.3 is 5.11 Å². The van der Waals surface area contributed by atoms with E-state index in [1.165, 1.54) is 16.7 Å². The van der Waals surface area contributed by atoms with Crippen molar-refractivity contribution < 1.29 is 9.90 Å². The van der Waals surface area contributed by atoms with Gasteiger partial charge in [0.05, 0.1) is 5.56 Å². The molecule has 0 aliphatic carbocycles. The first-order valence-corrected chi connectivity index (χ1v) is 6.75. The Hall–Kier alpha value is -2.13. The van der Waals surface area contributed by atoms with Crippen LogP contribution in [0.4, 0.5) is 0 Å². The number of benzene rings is 2. The molecule has 0 saturated carbocycles. The van der Waals surface area contributed by atoms with E-state index in [1.807, 2.05) is 13.0 Å². The minimum Gasteiger partial charge on any atom is -0.478 e. The summed E-state index contributed by atoms with van der Waals surface area (Å²) in [7, 11) is 0. The molecule has 0 unspecified atom stereocenters. The summed E-state index contributed by atoms with van der Waals surface area (Å²) in [4.78, 5) is 13.3. The molecule has 0 aromatic heterocycles. The minimum absolute atomic E-state index is 0.357. The van der Waals surface area contributed by atoms with Crippen molar-refractivity contribution in [1.29, 1.82) is 0 Å². The van der Waals surface area contributed by atoms with E-state index in [-0.39, 0.29) is 0 Å². The Morgan fingerprint density at radius 2 is 1.80 bits per heavy atom. The quantitative estimate of drug-likeness (QED) is 0.928. The number of hydrogen-bond donors (Lipinski definition) is 1. The van der Waals surface area contributed by atoms with Gasteiger partial charge in [-0.25, -0.2) is 4.79 Å². The molecule has 0 bridgehead atoms. The molecule has 0 atom stereocenters. The fourth-order valence-corrected chi connectivity index (χ4v) is 2.76. The minimum atomic E-state index is -0.867. The van der Waals surface area contributed by atoms with Crippen LogP contribution < -0.4 is 0 Å². The Balaban J connectivity index is 1.75. The van der Waals surface area contributed by atoms with E-state index >= 15 is 0 Å². The molecular weight excluding hydrogens is 250 g/mol. The number of carbonyl (C=O) groups is 1. The largest absolute Gasteiger partial charge is 0.478 e. The van der Waals surface area contributed by atoms with Crippen molar-refractivity contribution in [2.75, 3.05) is 0 Å².